The van der Waals surface area contributed by atoms with E-state index in [4.69, 9.17) is 12.6 Å². The summed E-state index contributed by atoms with van der Waals surface area (Å²) in [6.07, 6.45) is 27.9. The lowest BCUT2D eigenvalue weighted by molar-refractivity contribution is -0.527. The first-order valence-corrected chi connectivity index (χ1v) is 38.2. The number of hydrogen-bond donors (Lipinski definition) is 0. The third-order valence-corrected chi connectivity index (χ3v) is 18.9. The zero-order valence-corrected chi connectivity index (χ0v) is 63.5. The van der Waals surface area contributed by atoms with Crippen molar-refractivity contribution in [2.45, 2.75) is 120 Å². The van der Waals surface area contributed by atoms with Gasteiger partial charge in [0.2, 0.25) is 0 Å². The second-order valence-corrected chi connectivity index (χ2v) is 26.3. The molecular formula is C88H99F3N8O7S. The third-order valence-electron chi connectivity index (χ3n) is 18.9. The van der Waals surface area contributed by atoms with Crippen LogP contribution in [0, 0.1) is 6.68 Å². The lowest BCUT2D eigenvalue weighted by atomic mass is 9.93. The maximum atomic E-state index is 14.6. The summed E-state index contributed by atoms with van der Waals surface area (Å²) >= 11 is 0. The minimum absolute atomic E-state index is 0.112. The predicted molar refractivity (Wildman–Crippen MR) is 429 cm³/mol. The van der Waals surface area contributed by atoms with Crippen LogP contribution >= 0.6 is 0 Å². The number of benzene rings is 7. The average molecular weight is 1470 g/mol. The number of hydrogen-bond acceptors (Lipinski definition) is 10. The summed E-state index contributed by atoms with van der Waals surface area (Å²) in [4.78, 5) is 65.3. The minimum Gasteiger partial charge on any atom is -0.385 e. The molecule has 2 fully saturated rings. The van der Waals surface area contributed by atoms with E-state index in [1.165, 1.54) is 21.4 Å². The molecule has 560 valence electrons. The Balaban J connectivity index is 0.00000172. The molecule has 0 spiro atoms. The minimum atomic E-state index is -3.11. The van der Waals surface area contributed by atoms with Gasteiger partial charge in [-0.1, -0.05) is 193 Å². The van der Waals surface area contributed by atoms with Crippen molar-refractivity contribution in [3.05, 3.63) is 287 Å². The Labute approximate surface area is 631 Å². The average Bonchev–Trinajstić information content (AvgIpc) is 1.64. The Morgan fingerprint density at radius 3 is 1.17 bits per heavy atom. The number of allylic oxidation sites excluding steroid dienone is 9. The summed E-state index contributed by atoms with van der Waals surface area (Å²) in [5, 5.41) is 6.14. The number of anilines is 5. The molecule has 1 aliphatic carbocycles. The molecule has 3 aliphatic rings. The predicted octanol–water partition coefficient (Wildman–Crippen LogP) is 18.5. The van der Waals surface area contributed by atoms with Gasteiger partial charge in [0.05, 0.1) is 24.5 Å². The van der Waals surface area contributed by atoms with Crippen molar-refractivity contribution in [3.63, 3.8) is 0 Å². The Hall–Kier alpha value is -10.9. The second-order valence-electron chi connectivity index (χ2n) is 25.9. The van der Waals surface area contributed by atoms with Crippen LogP contribution in [0.3, 0.4) is 0 Å². The fourth-order valence-corrected chi connectivity index (χ4v) is 13.1. The summed E-state index contributed by atoms with van der Waals surface area (Å²) in [6.45, 7) is 22.3. The van der Waals surface area contributed by atoms with Gasteiger partial charge in [0, 0.05) is 81.3 Å². The second kappa shape index (κ2) is 41.7. The Kier molecular flexibility index (Phi) is 31.8. The number of carbonyl (C=O) groups is 4. The van der Waals surface area contributed by atoms with Gasteiger partial charge in [-0.2, -0.15) is 0 Å². The van der Waals surface area contributed by atoms with Crippen molar-refractivity contribution >= 4 is 91.7 Å². The van der Waals surface area contributed by atoms with Gasteiger partial charge in [0.1, 0.15) is 24.2 Å². The standard InChI is InChI=1S/C87H99N8O4.CF3.O3S/c1-9-17-58-90(59-18-10-2)76-54-46-72(47-55-76)80(70-42-34-68(35-43-70)64-92-84(96)82(86(98)94(92)78-28-23-21-24-29-78)62-66-38-50-74(51-39-66)88(13-5)14-6)32-27-33-81(73-48-56-77(57-49-73)91(60-19-11-3)61-20-12-4)71-44-36-69(37-45-71)65-93-85(97)83(87(99)95(93)79-30-25-22-26-31-79)63-67-40-52-75(53-41-67)89(15-7)16-8;2-1(3)4;1-4(2)3/h21-57,62-63H,9-20,58-61,64-65H2,1-8H3;;/q+1;-1;/b82-62+,83-63+;;. The van der Waals surface area contributed by atoms with E-state index >= 15 is 0 Å². The van der Waals surface area contributed by atoms with Crippen LogP contribution in [-0.4, -0.2) is 109 Å². The summed E-state index contributed by atoms with van der Waals surface area (Å²) < 4.78 is 56.6. The van der Waals surface area contributed by atoms with Crippen LogP contribution in [0.5, 0.6) is 0 Å². The highest BCUT2D eigenvalue weighted by Gasteiger charge is 2.43. The van der Waals surface area contributed by atoms with E-state index in [1.54, 1.807) is 22.2 Å². The number of hydrazine groups is 2. The topological polar surface area (TPSA) is 145 Å². The molecule has 0 N–H and O–H groups in total. The SMILES string of the molecule is CCCCN(CCCC)c1ccc(/C(=C\C=C\C(=C2C=CC(=[N+](CCCC)CCCC)C=C2)c2ccc(CN3C(=O)/C(=C\c4ccc(N(CC)CC)cc4)C(=O)N3c3ccccc3)cc2)c2ccc(CN3C(=O)/C(=C\c4ccc(N(CC)CC)cc4)C(=O)N3c3ccccc3)cc2)cc1.F[C-](F)F.O=S(=O)=O. The van der Waals surface area contributed by atoms with E-state index in [0.717, 1.165) is 171 Å². The molecule has 19 heteroatoms. The summed E-state index contributed by atoms with van der Waals surface area (Å²) in [6, 6.07) is 60.5. The monoisotopic (exact) mass is 1470 g/mol. The van der Waals surface area contributed by atoms with Crippen molar-refractivity contribution in [1.82, 2.24) is 10.0 Å². The van der Waals surface area contributed by atoms with Crippen LogP contribution in [0.4, 0.5) is 41.6 Å². The Bertz CT molecular complexity index is 4430. The van der Waals surface area contributed by atoms with Crippen molar-refractivity contribution in [3.8, 4) is 0 Å². The summed E-state index contributed by atoms with van der Waals surface area (Å²) in [5.41, 5.74) is 15.4. The van der Waals surface area contributed by atoms with E-state index in [1.807, 2.05) is 109 Å². The van der Waals surface area contributed by atoms with Crippen molar-refractivity contribution < 1.29 is 49.6 Å². The number of nitrogens with zero attached hydrogens (tertiary/aromatic N) is 8. The molecule has 2 saturated heterocycles. The van der Waals surface area contributed by atoms with Crippen molar-refractivity contribution in [1.29, 1.82) is 0 Å². The maximum absolute atomic E-state index is 14.6. The zero-order chi connectivity index (χ0) is 76.8. The largest absolute Gasteiger partial charge is 0.425 e. The molecule has 10 rings (SSSR count). The number of amides is 4. The van der Waals surface area contributed by atoms with Gasteiger partial charge in [0.25, 0.3) is 23.6 Å². The molecule has 15 nitrogen and oxygen atoms in total. The molecule has 0 bridgehead atoms. The molecule has 0 radical (unpaired) electrons. The molecule has 2 heterocycles. The molecule has 2 aliphatic heterocycles. The van der Waals surface area contributed by atoms with E-state index in [2.05, 4.69) is 190 Å². The molecule has 7 aromatic carbocycles. The first-order valence-electron chi connectivity index (χ1n) is 37.2. The molecule has 0 unspecified atom stereocenters. The lowest BCUT2D eigenvalue weighted by Gasteiger charge is -2.27. The van der Waals surface area contributed by atoms with Gasteiger partial charge in [-0.05, 0) is 181 Å². The van der Waals surface area contributed by atoms with Gasteiger partial charge in [0.15, 0.2) is 12.4 Å². The Morgan fingerprint density at radius 2 is 0.794 bits per heavy atom. The fourth-order valence-electron chi connectivity index (χ4n) is 13.1. The Morgan fingerprint density at radius 1 is 0.439 bits per heavy atom. The van der Waals surface area contributed by atoms with Gasteiger partial charge in [-0.15, -0.1) is 12.6 Å². The third kappa shape index (κ3) is 22.6. The van der Waals surface area contributed by atoms with Crippen LogP contribution in [0.2, 0.25) is 0 Å². The van der Waals surface area contributed by atoms with Crippen LogP contribution in [0.25, 0.3) is 23.3 Å². The highest BCUT2D eigenvalue weighted by atomic mass is 32.2. The number of unbranched alkanes of at least 4 members (excludes halogenated alkanes) is 4. The fraction of sp³-hybridized carbons (Fsp3) is 0.295. The van der Waals surface area contributed by atoms with E-state index < -0.39 is 17.3 Å². The number of rotatable bonds is 32. The summed E-state index contributed by atoms with van der Waals surface area (Å²) in [7, 11) is -3.11. The van der Waals surface area contributed by atoms with E-state index in [9.17, 15) is 32.3 Å². The molecule has 4 amide bonds. The quantitative estimate of drug-likeness (QED) is 0.0131. The number of halogens is 3. The smallest absolute Gasteiger partial charge is 0.385 e. The van der Waals surface area contributed by atoms with Crippen LogP contribution in [-0.2, 0) is 42.9 Å². The molecule has 107 heavy (non-hydrogen) atoms. The molecule has 0 aromatic heterocycles. The molecule has 0 saturated carbocycles. The molecule has 7 aromatic rings. The first kappa shape index (κ1) is 81.7. The number of carbonyl (C=O) groups excluding carboxylic acids is 4. The van der Waals surface area contributed by atoms with E-state index in [-0.39, 0.29) is 47.9 Å². The van der Waals surface area contributed by atoms with Gasteiger partial charge >= 0.3 is 10.6 Å². The maximum Gasteiger partial charge on any atom is 0.425 e. The highest BCUT2D eigenvalue weighted by Crippen LogP contribution is 2.35. The van der Waals surface area contributed by atoms with Gasteiger partial charge in [-0.25, -0.2) is 24.6 Å². The van der Waals surface area contributed by atoms with Crippen LogP contribution < -0.4 is 24.7 Å². The zero-order valence-electron chi connectivity index (χ0n) is 62.7. The van der Waals surface area contributed by atoms with Crippen molar-refractivity contribution in [2.75, 3.05) is 77.1 Å². The number of para-hydroxylation sites is 2. The molecular weight excluding hydrogens is 1370 g/mol. The molecule has 0 atom stereocenters. The van der Waals surface area contributed by atoms with Crippen molar-refractivity contribution in [2.24, 2.45) is 0 Å². The van der Waals surface area contributed by atoms with Gasteiger partial charge in [-0.3, -0.25) is 19.2 Å². The van der Waals surface area contributed by atoms with Crippen LogP contribution in [0.1, 0.15) is 146 Å². The first-order chi connectivity index (χ1) is 51.9. The highest BCUT2D eigenvalue weighted by molar-refractivity contribution is 7.59. The normalized spacial score (nSPS) is 14.4. The van der Waals surface area contributed by atoms with E-state index in [0.29, 0.717) is 11.4 Å². The summed E-state index contributed by atoms with van der Waals surface area (Å²) in [5.74, 6) is -1.46. The van der Waals surface area contributed by atoms with Crippen LogP contribution in [0.15, 0.2) is 241 Å². The van der Waals surface area contributed by atoms with Gasteiger partial charge < -0.3 is 27.9 Å². The lowest BCUT2D eigenvalue weighted by Crippen LogP contribution is -2.40.